The number of aryl methyl sites for hydroxylation is 1. The predicted octanol–water partition coefficient (Wildman–Crippen LogP) is 5.89. The number of hydrogen-bond acceptors (Lipinski definition) is 5. The molecular formula is C27H42N5O+. The van der Waals surface area contributed by atoms with E-state index in [0.29, 0.717) is 13.2 Å². The summed E-state index contributed by atoms with van der Waals surface area (Å²) in [5, 5.41) is 6.94. The van der Waals surface area contributed by atoms with Gasteiger partial charge in [-0.15, -0.1) is 0 Å². The van der Waals surface area contributed by atoms with Crippen molar-refractivity contribution in [2.24, 2.45) is 0 Å². The number of anilines is 3. The lowest BCUT2D eigenvalue weighted by molar-refractivity contribution is -0.646. The van der Waals surface area contributed by atoms with E-state index in [4.69, 9.17) is 15.5 Å². The number of methoxy groups -OCH3 is 1. The summed E-state index contributed by atoms with van der Waals surface area (Å²) in [5.41, 5.74) is 13.5. The van der Waals surface area contributed by atoms with Gasteiger partial charge in [0.25, 0.3) is 0 Å². The van der Waals surface area contributed by atoms with Crippen molar-refractivity contribution in [3.8, 4) is 0 Å². The Balaban J connectivity index is 1.95. The van der Waals surface area contributed by atoms with Crippen LogP contribution in [-0.2, 0) is 11.3 Å². The van der Waals surface area contributed by atoms with Crippen LogP contribution in [-0.4, -0.2) is 31.8 Å². The maximum absolute atomic E-state index is 6.45. The third-order valence-electron chi connectivity index (χ3n) is 6.16. The second-order valence-corrected chi connectivity index (χ2v) is 8.86. The number of nitrogens with zero attached hydrogens (tertiary/aromatic N) is 2. The molecule has 0 fully saturated rings. The van der Waals surface area contributed by atoms with Crippen LogP contribution in [0.2, 0.25) is 0 Å². The highest BCUT2D eigenvalue weighted by Crippen LogP contribution is 2.26. The van der Waals surface area contributed by atoms with Crippen LogP contribution in [0.4, 0.5) is 17.1 Å². The van der Waals surface area contributed by atoms with Gasteiger partial charge in [0.05, 0.1) is 18.0 Å². The normalized spacial score (nSPS) is 11.4. The molecular weight excluding hydrogens is 410 g/mol. The zero-order chi connectivity index (χ0) is 23.5. The third kappa shape index (κ3) is 6.94. The zero-order valence-corrected chi connectivity index (χ0v) is 20.8. The standard InChI is InChI=1S/C27H41N5O/c1-4-6-8-9-10-11-16-32-26-18-21(29-14-7-5-2)12-13-23(26)31-25-20-24(30-15-17-33-3)22(28)19-27(25)32/h12-13,18-20H,4-11,14-17H2,1-3H3,(H3,28,29,30,31)/p+1. The van der Waals surface area contributed by atoms with E-state index in [2.05, 4.69) is 59.4 Å². The molecule has 0 unspecified atom stereocenters. The van der Waals surface area contributed by atoms with E-state index in [1.807, 2.05) is 0 Å². The summed E-state index contributed by atoms with van der Waals surface area (Å²) in [7, 11) is 1.70. The van der Waals surface area contributed by atoms with Crippen LogP contribution in [0.1, 0.15) is 65.2 Å². The molecule has 6 heteroatoms. The van der Waals surface area contributed by atoms with E-state index in [1.54, 1.807) is 7.11 Å². The summed E-state index contributed by atoms with van der Waals surface area (Å²) >= 11 is 0. The Bertz CT molecular complexity index is 1020. The molecule has 4 N–H and O–H groups in total. The van der Waals surface area contributed by atoms with Gasteiger partial charge in [0.1, 0.15) is 17.6 Å². The number of nitrogens with two attached hydrogens (primary N) is 1. The fourth-order valence-electron chi connectivity index (χ4n) is 4.24. The Morgan fingerprint density at radius 2 is 1.61 bits per heavy atom. The number of hydrogen-bond donors (Lipinski definition) is 3. The molecule has 1 heterocycles. The molecule has 0 amide bonds. The number of aromatic nitrogens is 2. The molecule has 180 valence electrons. The predicted molar refractivity (Wildman–Crippen MR) is 141 cm³/mol. The Labute approximate surface area is 198 Å². The van der Waals surface area contributed by atoms with E-state index in [9.17, 15) is 0 Å². The summed E-state index contributed by atoms with van der Waals surface area (Å²) < 4.78 is 7.58. The number of nitrogen functional groups attached to an aromatic ring is 1. The monoisotopic (exact) mass is 452 g/mol. The maximum Gasteiger partial charge on any atom is 0.233 e. The van der Waals surface area contributed by atoms with Crippen LogP contribution in [0.3, 0.4) is 0 Å². The third-order valence-corrected chi connectivity index (χ3v) is 6.16. The van der Waals surface area contributed by atoms with Crippen molar-refractivity contribution < 1.29 is 9.30 Å². The Hall–Kier alpha value is -2.60. The van der Waals surface area contributed by atoms with E-state index in [0.717, 1.165) is 58.6 Å². The first-order valence-electron chi connectivity index (χ1n) is 12.7. The Kier molecular flexibility index (Phi) is 10.0. The number of benzene rings is 2. The number of rotatable bonds is 15. The fourth-order valence-corrected chi connectivity index (χ4v) is 4.24. The molecule has 6 nitrogen and oxygen atoms in total. The molecule has 3 rings (SSSR count). The lowest BCUT2D eigenvalue weighted by atomic mass is 10.1. The number of nitrogens with one attached hydrogen (secondary N) is 2. The average Bonchev–Trinajstić information content (AvgIpc) is 2.82. The lowest BCUT2D eigenvalue weighted by Crippen LogP contribution is -2.36. The molecule has 33 heavy (non-hydrogen) atoms. The fraction of sp³-hybridized carbons (Fsp3) is 0.556. The quantitative estimate of drug-likeness (QED) is 0.116. The molecule has 0 saturated heterocycles. The van der Waals surface area contributed by atoms with E-state index < -0.39 is 0 Å². The molecule has 1 aromatic heterocycles. The van der Waals surface area contributed by atoms with Gasteiger partial charge in [-0.1, -0.05) is 46.0 Å². The van der Waals surface area contributed by atoms with Crippen LogP contribution >= 0.6 is 0 Å². The zero-order valence-electron chi connectivity index (χ0n) is 20.8. The highest BCUT2D eigenvalue weighted by molar-refractivity contribution is 5.89. The topological polar surface area (TPSA) is 76.1 Å². The molecule has 2 aromatic carbocycles. The number of fused-ring (bicyclic) bond motifs is 2. The van der Waals surface area contributed by atoms with Crippen molar-refractivity contribution in [2.45, 2.75) is 71.8 Å². The highest BCUT2D eigenvalue weighted by atomic mass is 16.5. The van der Waals surface area contributed by atoms with Crippen LogP contribution in [0.5, 0.6) is 0 Å². The molecule has 0 radical (unpaired) electrons. The second kappa shape index (κ2) is 13.2. The first kappa shape index (κ1) is 25.0. The van der Waals surface area contributed by atoms with Gasteiger partial charge in [-0.3, -0.25) is 0 Å². The summed E-state index contributed by atoms with van der Waals surface area (Å²) in [5.74, 6) is 0. The molecule has 3 aromatic rings. The first-order chi connectivity index (χ1) is 16.2. The molecule has 0 saturated carbocycles. The molecule has 0 atom stereocenters. The number of unbranched alkanes of at least 4 members (excludes halogenated alkanes) is 6. The van der Waals surface area contributed by atoms with Crippen molar-refractivity contribution in [1.82, 2.24) is 4.98 Å². The van der Waals surface area contributed by atoms with Crippen LogP contribution in [0, 0.1) is 0 Å². The highest BCUT2D eigenvalue weighted by Gasteiger charge is 2.19. The minimum absolute atomic E-state index is 0.633. The van der Waals surface area contributed by atoms with E-state index in [-0.39, 0.29) is 0 Å². The molecule has 0 bridgehead atoms. The van der Waals surface area contributed by atoms with Crippen LogP contribution in [0.15, 0.2) is 30.3 Å². The van der Waals surface area contributed by atoms with Gasteiger partial charge in [0.2, 0.25) is 11.0 Å². The van der Waals surface area contributed by atoms with Crippen LogP contribution in [0.25, 0.3) is 22.1 Å². The summed E-state index contributed by atoms with van der Waals surface area (Å²) in [6, 6.07) is 10.7. The Morgan fingerprint density at radius 1 is 0.848 bits per heavy atom. The van der Waals surface area contributed by atoms with Crippen molar-refractivity contribution in [3.63, 3.8) is 0 Å². The summed E-state index contributed by atoms with van der Waals surface area (Å²) in [4.78, 5) is 5.00. The smallest absolute Gasteiger partial charge is 0.233 e. The molecule has 0 aliphatic rings. The van der Waals surface area contributed by atoms with Gasteiger partial charge in [-0.05, 0) is 31.0 Å². The van der Waals surface area contributed by atoms with Gasteiger partial charge in [-0.2, -0.15) is 4.57 Å². The number of ether oxygens (including phenoxy) is 1. The van der Waals surface area contributed by atoms with Gasteiger partial charge in [0, 0.05) is 44.4 Å². The van der Waals surface area contributed by atoms with Crippen LogP contribution < -0.4 is 20.9 Å². The molecule has 0 aliphatic heterocycles. The molecule has 0 aliphatic carbocycles. The SMILES string of the molecule is CCCCCCCC[n+]1c2cc(NCCCC)ccc2nc2cc(NCCOC)c(N)cc21. The van der Waals surface area contributed by atoms with Crippen molar-refractivity contribution in [2.75, 3.05) is 43.2 Å². The van der Waals surface area contributed by atoms with Crippen molar-refractivity contribution in [3.05, 3.63) is 30.3 Å². The lowest BCUT2D eigenvalue weighted by Gasteiger charge is -2.12. The van der Waals surface area contributed by atoms with Crippen molar-refractivity contribution in [1.29, 1.82) is 0 Å². The Morgan fingerprint density at radius 3 is 2.39 bits per heavy atom. The maximum atomic E-state index is 6.45. The van der Waals surface area contributed by atoms with Crippen molar-refractivity contribution >= 4 is 39.1 Å². The summed E-state index contributed by atoms with van der Waals surface area (Å²) in [6.07, 6.45) is 10.00. The summed E-state index contributed by atoms with van der Waals surface area (Å²) in [6.45, 7) is 7.79. The minimum Gasteiger partial charge on any atom is -0.397 e. The minimum atomic E-state index is 0.633. The van der Waals surface area contributed by atoms with Gasteiger partial charge >= 0.3 is 0 Å². The van der Waals surface area contributed by atoms with E-state index >= 15 is 0 Å². The molecule has 0 spiro atoms. The first-order valence-corrected chi connectivity index (χ1v) is 12.7. The average molecular weight is 453 g/mol. The van der Waals surface area contributed by atoms with Gasteiger partial charge in [0.15, 0.2) is 0 Å². The van der Waals surface area contributed by atoms with E-state index in [1.165, 1.54) is 44.9 Å². The largest absolute Gasteiger partial charge is 0.397 e. The second-order valence-electron chi connectivity index (χ2n) is 8.86. The van der Waals surface area contributed by atoms with Gasteiger partial charge in [-0.25, -0.2) is 4.98 Å². The van der Waals surface area contributed by atoms with Gasteiger partial charge < -0.3 is 21.1 Å².